The Labute approximate surface area is 140 Å². The van der Waals surface area contributed by atoms with Gasteiger partial charge in [-0.1, -0.05) is 0 Å². The minimum absolute atomic E-state index is 0. The number of rotatable bonds is 5. The Morgan fingerprint density at radius 1 is 1.57 bits per heavy atom. The Bertz CT molecular complexity index is 437. The molecule has 1 aliphatic rings. The van der Waals surface area contributed by atoms with Crippen LogP contribution in [0, 0.1) is 5.92 Å². The molecule has 0 radical (unpaired) electrons. The van der Waals surface area contributed by atoms with E-state index >= 15 is 0 Å². The van der Waals surface area contributed by atoms with Crippen LogP contribution in [0.5, 0.6) is 0 Å². The topological polar surface area (TPSA) is 57.3 Å². The van der Waals surface area contributed by atoms with Crippen molar-refractivity contribution < 1.29 is 4.79 Å². The molecule has 2 heterocycles. The standard InChI is InChI=1S/C14H21BrN4O.ClH/c1-19(9-11-3-2-6-16-7-11)10-14(20)18-13-5-4-12(15)8-17-13;/h4-5,8,11,16H,2-3,6-7,9-10H2,1H3,(H,17,18,20);1H. The first-order valence-corrected chi connectivity index (χ1v) is 7.73. The summed E-state index contributed by atoms with van der Waals surface area (Å²) >= 11 is 3.32. The van der Waals surface area contributed by atoms with E-state index < -0.39 is 0 Å². The first kappa shape index (κ1) is 18.4. The molecule has 0 aliphatic carbocycles. The largest absolute Gasteiger partial charge is 0.316 e. The van der Waals surface area contributed by atoms with E-state index in [2.05, 4.69) is 36.4 Å². The van der Waals surface area contributed by atoms with Gasteiger partial charge in [-0.05, 0) is 67.0 Å². The van der Waals surface area contributed by atoms with Crippen LogP contribution in [0.3, 0.4) is 0 Å². The molecule has 7 heteroatoms. The van der Waals surface area contributed by atoms with E-state index in [0.29, 0.717) is 18.3 Å². The predicted molar refractivity (Wildman–Crippen MR) is 90.9 cm³/mol. The first-order valence-electron chi connectivity index (χ1n) is 6.94. The van der Waals surface area contributed by atoms with Crippen molar-refractivity contribution in [3.05, 3.63) is 22.8 Å². The van der Waals surface area contributed by atoms with Gasteiger partial charge in [-0.25, -0.2) is 4.98 Å². The van der Waals surface area contributed by atoms with Crippen molar-refractivity contribution in [2.45, 2.75) is 12.8 Å². The normalized spacial score (nSPS) is 18.1. The quantitative estimate of drug-likeness (QED) is 0.825. The number of likely N-dealkylation sites (N-methyl/N-ethyl adjacent to an activating group) is 1. The summed E-state index contributed by atoms with van der Waals surface area (Å²) in [5.41, 5.74) is 0. The maximum atomic E-state index is 11.9. The van der Waals surface area contributed by atoms with Crippen molar-refractivity contribution in [1.82, 2.24) is 15.2 Å². The van der Waals surface area contributed by atoms with Crippen LogP contribution in [-0.2, 0) is 4.79 Å². The average Bonchev–Trinajstić information content (AvgIpc) is 2.42. The van der Waals surface area contributed by atoms with E-state index in [4.69, 9.17) is 0 Å². The summed E-state index contributed by atoms with van der Waals surface area (Å²) in [6, 6.07) is 3.65. The Morgan fingerprint density at radius 2 is 2.38 bits per heavy atom. The fourth-order valence-corrected chi connectivity index (χ4v) is 2.70. The van der Waals surface area contributed by atoms with Gasteiger partial charge in [0.1, 0.15) is 5.82 Å². The van der Waals surface area contributed by atoms with Crippen LogP contribution in [0.2, 0.25) is 0 Å². The minimum Gasteiger partial charge on any atom is -0.316 e. The molecule has 0 spiro atoms. The van der Waals surface area contributed by atoms with E-state index in [1.165, 1.54) is 12.8 Å². The lowest BCUT2D eigenvalue weighted by molar-refractivity contribution is -0.117. The second-order valence-electron chi connectivity index (χ2n) is 5.32. The maximum absolute atomic E-state index is 11.9. The van der Waals surface area contributed by atoms with Gasteiger partial charge in [0.25, 0.3) is 0 Å². The highest BCUT2D eigenvalue weighted by Crippen LogP contribution is 2.12. The van der Waals surface area contributed by atoms with Gasteiger partial charge >= 0.3 is 0 Å². The van der Waals surface area contributed by atoms with Crippen LogP contribution in [0.25, 0.3) is 0 Å². The zero-order valence-electron chi connectivity index (χ0n) is 12.1. The molecule has 1 fully saturated rings. The number of amides is 1. The van der Waals surface area contributed by atoms with Crippen LogP contribution < -0.4 is 10.6 Å². The van der Waals surface area contributed by atoms with Crippen LogP contribution in [0.1, 0.15) is 12.8 Å². The molecule has 1 unspecified atom stereocenters. The summed E-state index contributed by atoms with van der Waals surface area (Å²) < 4.78 is 0.900. The van der Waals surface area contributed by atoms with E-state index in [0.717, 1.165) is 24.1 Å². The first-order chi connectivity index (χ1) is 9.63. The van der Waals surface area contributed by atoms with Crippen LogP contribution in [0.15, 0.2) is 22.8 Å². The van der Waals surface area contributed by atoms with Crippen molar-refractivity contribution >= 4 is 40.1 Å². The molecule has 0 aromatic carbocycles. The van der Waals surface area contributed by atoms with Crippen molar-refractivity contribution in [2.24, 2.45) is 5.92 Å². The number of aromatic nitrogens is 1. The van der Waals surface area contributed by atoms with E-state index in [-0.39, 0.29) is 18.3 Å². The number of halogens is 2. The second-order valence-corrected chi connectivity index (χ2v) is 6.23. The molecule has 2 N–H and O–H groups in total. The predicted octanol–water partition coefficient (Wildman–Crippen LogP) is 2.14. The van der Waals surface area contributed by atoms with Crippen LogP contribution >= 0.6 is 28.3 Å². The van der Waals surface area contributed by atoms with Gasteiger partial charge in [0.15, 0.2) is 0 Å². The van der Waals surface area contributed by atoms with E-state index in [1.54, 1.807) is 12.3 Å². The fourth-order valence-electron chi connectivity index (χ4n) is 2.46. The molecular weight excluding hydrogens is 356 g/mol. The number of anilines is 1. The minimum atomic E-state index is -0.0221. The highest BCUT2D eigenvalue weighted by atomic mass is 79.9. The SMILES string of the molecule is CN(CC(=O)Nc1ccc(Br)cn1)CC1CCCNC1.Cl. The third kappa shape index (κ3) is 6.74. The molecule has 1 aromatic rings. The number of nitrogens with zero attached hydrogens (tertiary/aromatic N) is 2. The van der Waals surface area contributed by atoms with E-state index in [1.807, 2.05) is 13.1 Å². The number of carbonyl (C=O) groups is 1. The van der Waals surface area contributed by atoms with Crippen molar-refractivity contribution in [3.8, 4) is 0 Å². The number of carbonyl (C=O) groups excluding carboxylic acids is 1. The molecule has 0 bridgehead atoms. The van der Waals surface area contributed by atoms with Gasteiger partial charge in [-0.2, -0.15) is 0 Å². The maximum Gasteiger partial charge on any atom is 0.239 e. The molecule has 1 saturated heterocycles. The van der Waals surface area contributed by atoms with Crippen molar-refractivity contribution in [1.29, 1.82) is 0 Å². The number of pyridine rings is 1. The van der Waals surface area contributed by atoms with Gasteiger partial charge in [0.2, 0.25) is 5.91 Å². The molecule has 2 rings (SSSR count). The van der Waals surface area contributed by atoms with Gasteiger partial charge in [0, 0.05) is 17.2 Å². The molecule has 1 aliphatic heterocycles. The summed E-state index contributed by atoms with van der Waals surface area (Å²) in [7, 11) is 1.99. The monoisotopic (exact) mass is 376 g/mol. The zero-order chi connectivity index (χ0) is 14.4. The average molecular weight is 378 g/mol. The Morgan fingerprint density at radius 3 is 3.00 bits per heavy atom. The molecule has 1 atom stereocenters. The Hall–Kier alpha value is -0.690. The van der Waals surface area contributed by atoms with E-state index in [9.17, 15) is 4.79 Å². The Kier molecular flexibility index (Phi) is 8.18. The summed E-state index contributed by atoms with van der Waals surface area (Å²) in [4.78, 5) is 18.1. The molecule has 1 aromatic heterocycles. The fraction of sp³-hybridized carbons (Fsp3) is 0.571. The van der Waals surface area contributed by atoms with Crippen LogP contribution in [0.4, 0.5) is 5.82 Å². The van der Waals surface area contributed by atoms with Crippen LogP contribution in [-0.4, -0.2) is 49.0 Å². The third-order valence-corrected chi connectivity index (χ3v) is 3.85. The van der Waals surface area contributed by atoms with Crippen molar-refractivity contribution in [2.75, 3.05) is 38.5 Å². The van der Waals surface area contributed by atoms with Gasteiger partial charge in [0.05, 0.1) is 6.54 Å². The number of hydrogen-bond acceptors (Lipinski definition) is 4. The third-order valence-electron chi connectivity index (χ3n) is 3.38. The zero-order valence-corrected chi connectivity index (χ0v) is 14.5. The molecule has 5 nitrogen and oxygen atoms in total. The molecular formula is C14H22BrClN4O. The lowest BCUT2D eigenvalue weighted by Crippen LogP contribution is -2.39. The lowest BCUT2D eigenvalue weighted by Gasteiger charge is -2.27. The van der Waals surface area contributed by atoms with Gasteiger partial charge < -0.3 is 10.6 Å². The molecule has 1 amide bonds. The van der Waals surface area contributed by atoms with Gasteiger partial charge in [-0.15, -0.1) is 12.4 Å². The lowest BCUT2D eigenvalue weighted by atomic mass is 9.99. The highest BCUT2D eigenvalue weighted by molar-refractivity contribution is 9.10. The summed E-state index contributed by atoms with van der Waals surface area (Å²) in [5, 5.41) is 6.21. The molecule has 21 heavy (non-hydrogen) atoms. The molecule has 118 valence electrons. The number of piperidine rings is 1. The summed E-state index contributed by atoms with van der Waals surface area (Å²) in [5.74, 6) is 1.21. The highest BCUT2D eigenvalue weighted by Gasteiger charge is 2.16. The summed E-state index contributed by atoms with van der Waals surface area (Å²) in [6.45, 7) is 3.53. The molecule has 0 saturated carbocycles. The second kappa shape index (κ2) is 9.35. The van der Waals surface area contributed by atoms with Crippen molar-refractivity contribution in [3.63, 3.8) is 0 Å². The Balaban J connectivity index is 0.00000220. The number of hydrogen-bond donors (Lipinski definition) is 2. The van der Waals surface area contributed by atoms with Gasteiger partial charge in [-0.3, -0.25) is 9.69 Å². The summed E-state index contributed by atoms with van der Waals surface area (Å²) in [6.07, 6.45) is 4.15. The number of nitrogens with one attached hydrogen (secondary N) is 2. The smallest absolute Gasteiger partial charge is 0.239 e.